The molecule has 3 nitrogen and oxygen atoms in total. The molecule has 2 fully saturated rings. The molecule has 0 aromatic heterocycles. The lowest BCUT2D eigenvalue weighted by Crippen LogP contribution is -2.43. The third-order valence-electron chi connectivity index (χ3n) is 5.20. The first-order chi connectivity index (χ1) is 11.4. The Balaban J connectivity index is 1.50. The summed E-state index contributed by atoms with van der Waals surface area (Å²) in [6.45, 7) is 2.60. The van der Waals surface area contributed by atoms with Crippen LogP contribution in [-0.4, -0.2) is 36.5 Å². The van der Waals surface area contributed by atoms with Crippen molar-refractivity contribution in [2.24, 2.45) is 5.92 Å². The molecule has 1 atom stereocenters. The van der Waals surface area contributed by atoms with E-state index in [1.54, 1.807) is 0 Å². The molecular weight excluding hydrogens is 317 g/mol. The quantitative estimate of drug-likeness (QED) is 0.916. The van der Waals surface area contributed by atoms with Gasteiger partial charge < -0.3 is 10.2 Å². The molecule has 1 aromatic rings. The molecule has 2 saturated heterocycles. The van der Waals surface area contributed by atoms with Crippen molar-refractivity contribution >= 4 is 5.91 Å². The molecule has 6 heteroatoms. The highest BCUT2D eigenvalue weighted by molar-refractivity contribution is 5.78. The zero-order chi connectivity index (χ0) is 17.2. The van der Waals surface area contributed by atoms with Crippen LogP contribution in [0.3, 0.4) is 0 Å². The molecule has 0 radical (unpaired) electrons. The van der Waals surface area contributed by atoms with Gasteiger partial charge in [-0.2, -0.15) is 13.2 Å². The fraction of sp³-hybridized carbons (Fsp3) is 0.611. The predicted molar refractivity (Wildman–Crippen MR) is 85.5 cm³/mol. The third-order valence-corrected chi connectivity index (χ3v) is 5.20. The van der Waals surface area contributed by atoms with Crippen molar-refractivity contribution in [3.63, 3.8) is 0 Å². The number of piperidine rings is 1. The molecular formula is C18H23F3N2O. The Morgan fingerprint density at radius 1 is 1.12 bits per heavy atom. The second-order valence-electron chi connectivity index (χ2n) is 6.79. The number of carbonyl (C=O) groups is 1. The first kappa shape index (κ1) is 17.3. The molecule has 3 rings (SSSR count). The van der Waals surface area contributed by atoms with Gasteiger partial charge in [0, 0.05) is 19.1 Å². The van der Waals surface area contributed by atoms with Gasteiger partial charge in [0.2, 0.25) is 5.91 Å². The van der Waals surface area contributed by atoms with Gasteiger partial charge in [0.05, 0.1) is 12.0 Å². The number of nitrogens with one attached hydrogen (secondary N) is 1. The molecule has 0 saturated carbocycles. The van der Waals surface area contributed by atoms with E-state index in [0.717, 1.165) is 44.6 Å². The van der Waals surface area contributed by atoms with Gasteiger partial charge in [0.15, 0.2) is 0 Å². The predicted octanol–water partition coefficient (Wildman–Crippen LogP) is 3.24. The number of carbonyl (C=O) groups excluding carboxylic acids is 1. The average molecular weight is 340 g/mol. The highest BCUT2D eigenvalue weighted by atomic mass is 19.4. The minimum absolute atomic E-state index is 0.00703. The number of hydrogen-bond donors (Lipinski definition) is 1. The van der Waals surface area contributed by atoms with Gasteiger partial charge in [-0.1, -0.05) is 12.1 Å². The molecule has 132 valence electrons. The Hall–Kier alpha value is -1.56. The third kappa shape index (κ3) is 4.09. The summed E-state index contributed by atoms with van der Waals surface area (Å²) < 4.78 is 37.7. The van der Waals surface area contributed by atoms with E-state index in [9.17, 15) is 18.0 Å². The summed E-state index contributed by atoms with van der Waals surface area (Å²) in [7, 11) is 0. The number of benzene rings is 1. The zero-order valence-electron chi connectivity index (χ0n) is 13.6. The number of rotatable bonds is 3. The van der Waals surface area contributed by atoms with Crippen LogP contribution >= 0.6 is 0 Å². The maximum absolute atomic E-state index is 12.6. The summed E-state index contributed by atoms with van der Waals surface area (Å²) in [5, 5.41) is 3.53. The van der Waals surface area contributed by atoms with Crippen LogP contribution in [0.1, 0.15) is 36.8 Å². The fourth-order valence-electron chi connectivity index (χ4n) is 3.76. The maximum atomic E-state index is 12.6. The van der Waals surface area contributed by atoms with Crippen LogP contribution in [0.15, 0.2) is 24.3 Å². The lowest BCUT2D eigenvalue weighted by molar-refractivity contribution is -0.137. The van der Waals surface area contributed by atoms with Crippen LogP contribution in [0.2, 0.25) is 0 Å². The van der Waals surface area contributed by atoms with E-state index in [-0.39, 0.29) is 12.3 Å². The average Bonchev–Trinajstić information content (AvgIpc) is 3.09. The zero-order valence-corrected chi connectivity index (χ0v) is 13.6. The lowest BCUT2D eigenvalue weighted by Gasteiger charge is -2.35. The van der Waals surface area contributed by atoms with Gasteiger partial charge in [0.1, 0.15) is 0 Å². The van der Waals surface area contributed by atoms with Gasteiger partial charge >= 0.3 is 6.18 Å². The maximum Gasteiger partial charge on any atom is 0.416 e. The summed E-state index contributed by atoms with van der Waals surface area (Å²) in [4.78, 5) is 14.2. The van der Waals surface area contributed by atoms with E-state index in [1.807, 2.05) is 4.90 Å². The summed E-state index contributed by atoms with van der Waals surface area (Å²) in [6.07, 6.45) is 0.317. The molecule has 0 spiro atoms. The van der Waals surface area contributed by atoms with Crippen LogP contribution in [0.25, 0.3) is 0 Å². The monoisotopic (exact) mass is 340 g/mol. The SMILES string of the molecule is O=C(Cc1ccc(C(F)(F)F)cc1)N1CCC(C2CCCN2)CC1. The largest absolute Gasteiger partial charge is 0.416 e. The van der Waals surface area contributed by atoms with Crippen molar-refractivity contribution in [1.29, 1.82) is 0 Å². The van der Waals surface area contributed by atoms with Crippen molar-refractivity contribution < 1.29 is 18.0 Å². The van der Waals surface area contributed by atoms with Crippen LogP contribution < -0.4 is 5.32 Å². The van der Waals surface area contributed by atoms with E-state index >= 15 is 0 Å². The molecule has 0 bridgehead atoms. The summed E-state index contributed by atoms with van der Waals surface area (Å²) in [6, 6.07) is 5.48. The Kier molecular flexibility index (Phi) is 5.13. The molecule has 2 aliphatic heterocycles. The smallest absolute Gasteiger partial charge is 0.342 e. The Morgan fingerprint density at radius 3 is 2.33 bits per heavy atom. The second kappa shape index (κ2) is 7.13. The molecule has 0 aliphatic carbocycles. The van der Waals surface area contributed by atoms with Crippen LogP contribution in [0.5, 0.6) is 0 Å². The van der Waals surface area contributed by atoms with Gasteiger partial charge in [-0.3, -0.25) is 4.79 Å². The number of alkyl halides is 3. The standard InChI is InChI=1S/C18H23F3N2O/c19-18(20,21)15-5-3-13(4-6-15)12-17(24)23-10-7-14(8-11-23)16-2-1-9-22-16/h3-6,14,16,22H,1-2,7-12H2. The van der Waals surface area contributed by atoms with Crippen molar-refractivity contribution in [3.8, 4) is 0 Å². The van der Waals surface area contributed by atoms with E-state index in [4.69, 9.17) is 0 Å². The van der Waals surface area contributed by atoms with Crippen LogP contribution in [0.4, 0.5) is 13.2 Å². The first-order valence-corrected chi connectivity index (χ1v) is 8.61. The molecule has 1 aromatic carbocycles. The van der Waals surface area contributed by atoms with Gasteiger partial charge in [-0.25, -0.2) is 0 Å². The van der Waals surface area contributed by atoms with Gasteiger partial charge in [0.25, 0.3) is 0 Å². The van der Waals surface area contributed by atoms with E-state index in [0.29, 0.717) is 17.5 Å². The van der Waals surface area contributed by atoms with Gasteiger partial charge in [-0.15, -0.1) is 0 Å². The van der Waals surface area contributed by atoms with Crippen LogP contribution in [0, 0.1) is 5.92 Å². The number of halogens is 3. The normalized spacial score (nSPS) is 22.8. The molecule has 1 N–H and O–H groups in total. The number of hydrogen-bond acceptors (Lipinski definition) is 2. The second-order valence-corrected chi connectivity index (χ2v) is 6.79. The van der Waals surface area contributed by atoms with Crippen molar-refractivity contribution in [2.45, 2.75) is 44.3 Å². The minimum atomic E-state index is -4.33. The number of likely N-dealkylation sites (tertiary alicyclic amines) is 1. The molecule has 1 unspecified atom stereocenters. The summed E-state index contributed by atoms with van der Waals surface area (Å²) >= 11 is 0. The minimum Gasteiger partial charge on any atom is -0.342 e. The van der Waals surface area contributed by atoms with Crippen molar-refractivity contribution in [1.82, 2.24) is 10.2 Å². The van der Waals surface area contributed by atoms with Crippen molar-refractivity contribution in [3.05, 3.63) is 35.4 Å². The molecule has 1 amide bonds. The van der Waals surface area contributed by atoms with Crippen molar-refractivity contribution in [2.75, 3.05) is 19.6 Å². The molecule has 2 aliphatic rings. The topological polar surface area (TPSA) is 32.3 Å². The fourth-order valence-corrected chi connectivity index (χ4v) is 3.76. The number of nitrogens with zero attached hydrogens (tertiary/aromatic N) is 1. The molecule has 24 heavy (non-hydrogen) atoms. The van der Waals surface area contributed by atoms with E-state index < -0.39 is 11.7 Å². The first-order valence-electron chi connectivity index (χ1n) is 8.61. The van der Waals surface area contributed by atoms with E-state index in [2.05, 4.69) is 5.32 Å². The Labute approximate surface area is 140 Å². The highest BCUT2D eigenvalue weighted by Crippen LogP contribution is 2.29. The van der Waals surface area contributed by atoms with Gasteiger partial charge in [-0.05, 0) is 55.8 Å². The summed E-state index contributed by atoms with van der Waals surface area (Å²) in [5.74, 6) is 0.648. The molecule has 2 heterocycles. The summed E-state index contributed by atoms with van der Waals surface area (Å²) in [5.41, 5.74) is -0.0452. The highest BCUT2D eigenvalue weighted by Gasteiger charge is 2.31. The van der Waals surface area contributed by atoms with E-state index in [1.165, 1.54) is 25.0 Å². The lowest BCUT2D eigenvalue weighted by atomic mass is 9.88. The van der Waals surface area contributed by atoms with Crippen LogP contribution in [-0.2, 0) is 17.4 Å². The Morgan fingerprint density at radius 2 is 1.79 bits per heavy atom. The number of amides is 1. The Bertz CT molecular complexity index is 557.